The van der Waals surface area contributed by atoms with E-state index in [2.05, 4.69) is 54.8 Å². The average molecular weight is 426 g/mol. The third-order valence-electron chi connectivity index (χ3n) is 6.37. The van der Waals surface area contributed by atoms with Gasteiger partial charge in [-0.25, -0.2) is 4.98 Å². The van der Waals surface area contributed by atoms with Gasteiger partial charge in [-0.05, 0) is 49.2 Å². The molecule has 5 nitrogen and oxygen atoms in total. The van der Waals surface area contributed by atoms with Gasteiger partial charge in [-0.3, -0.25) is 4.79 Å². The molecule has 2 heterocycles. The average Bonchev–Trinajstić information content (AvgIpc) is 3.37. The summed E-state index contributed by atoms with van der Waals surface area (Å²) in [6.07, 6.45) is 0.452. The maximum absolute atomic E-state index is 13.0. The van der Waals surface area contributed by atoms with Crippen molar-refractivity contribution in [2.45, 2.75) is 32.7 Å². The molecule has 5 rings (SSSR count). The van der Waals surface area contributed by atoms with E-state index in [0.29, 0.717) is 13.0 Å². The quantitative estimate of drug-likeness (QED) is 0.440. The van der Waals surface area contributed by atoms with Crippen molar-refractivity contribution in [3.63, 3.8) is 0 Å². The van der Waals surface area contributed by atoms with Gasteiger partial charge in [-0.15, -0.1) is 0 Å². The highest BCUT2D eigenvalue weighted by Crippen LogP contribution is 2.34. The number of anilines is 1. The van der Waals surface area contributed by atoms with Crippen molar-refractivity contribution in [1.29, 1.82) is 0 Å². The second kappa shape index (κ2) is 8.15. The predicted molar refractivity (Wildman–Crippen MR) is 127 cm³/mol. The van der Waals surface area contributed by atoms with E-state index in [9.17, 15) is 4.79 Å². The van der Waals surface area contributed by atoms with Gasteiger partial charge in [0.15, 0.2) is 0 Å². The Labute approximate surface area is 188 Å². The Morgan fingerprint density at radius 3 is 2.72 bits per heavy atom. The molecular formula is C27H27N3O2. The lowest BCUT2D eigenvalue weighted by Crippen LogP contribution is -2.24. The Hall–Kier alpha value is -3.60. The van der Waals surface area contributed by atoms with E-state index in [0.717, 1.165) is 34.8 Å². The number of methoxy groups -OCH3 is 1. The van der Waals surface area contributed by atoms with Gasteiger partial charge in [0.2, 0.25) is 5.91 Å². The molecule has 1 atom stereocenters. The molecule has 1 saturated heterocycles. The number of carbonyl (C=O) groups excluding carboxylic acids is 1. The molecule has 0 unspecified atom stereocenters. The molecular weight excluding hydrogens is 398 g/mol. The van der Waals surface area contributed by atoms with E-state index in [-0.39, 0.29) is 11.8 Å². The molecule has 0 spiro atoms. The zero-order valence-electron chi connectivity index (χ0n) is 18.7. The third-order valence-corrected chi connectivity index (χ3v) is 6.37. The first-order valence-electron chi connectivity index (χ1n) is 11.0. The summed E-state index contributed by atoms with van der Waals surface area (Å²) in [5.41, 5.74) is 6.74. The highest BCUT2D eigenvalue weighted by Gasteiger charge is 2.35. The monoisotopic (exact) mass is 425 g/mol. The minimum absolute atomic E-state index is 0.0335. The van der Waals surface area contributed by atoms with Crippen LogP contribution in [0.4, 0.5) is 5.69 Å². The largest absolute Gasteiger partial charge is 0.497 e. The second-order valence-corrected chi connectivity index (χ2v) is 8.58. The predicted octanol–water partition coefficient (Wildman–Crippen LogP) is 5.23. The molecule has 1 aliphatic heterocycles. The first kappa shape index (κ1) is 20.3. The molecule has 1 fully saturated rings. The number of carbonyl (C=O) groups is 1. The molecule has 0 N–H and O–H groups in total. The molecule has 1 aromatic heterocycles. The molecule has 1 amide bonds. The number of para-hydroxylation sites is 2. The van der Waals surface area contributed by atoms with Crippen LogP contribution in [0, 0.1) is 13.8 Å². The number of imidazole rings is 1. The molecule has 0 saturated carbocycles. The van der Waals surface area contributed by atoms with Crippen molar-refractivity contribution in [3.8, 4) is 5.75 Å². The van der Waals surface area contributed by atoms with Gasteiger partial charge in [-0.1, -0.05) is 42.0 Å². The number of hydrogen-bond donors (Lipinski definition) is 0. The molecule has 0 aliphatic carbocycles. The molecule has 32 heavy (non-hydrogen) atoms. The van der Waals surface area contributed by atoms with E-state index in [1.165, 1.54) is 16.7 Å². The number of aromatic nitrogens is 2. The van der Waals surface area contributed by atoms with Gasteiger partial charge < -0.3 is 14.2 Å². The summed E-state index contributed by atoms with van der Waals surface area (Å²) in [6.45, 7) is 5.63. The normalized spacial score (nSPS) is 16.2. The Kier molecular flexibility index (Phi) is 5.17. The summed E-state index contributed by atoms with van der Waals surface area (Å²) >= 11 is 0. The van der Waals surface area contributed by atoms with Crippen LogP contribution in [0.15, 0.2) is 66.7 Å². The molecule has 0 radical (unpaired) electrons. The number of rotatable bonds is 5. The summed E-state index contributed by atoms with van der Waals surface area (Å²) in [5, 5.41) is 0. The summed E-state index contributed by atoms with van der Waals surface area (Å²) in [4.78, 5) is 19.8. The van der Waals surface area contributed by atoms with E-state index < -0.39 is 0 Å². The first-order valence-corrected chi connectivity index (χ1v) is 11.0. The van der Waals surface area contributed by atoms with Crippen LogP contribution < -0.4 is 9.64 Å². The molecule has 162 valence electrons. The van der Waals surface area contributed by atoms with Crippen LogP contribution in [0.25, 0.3) is 11.0 Å². The standard InChI is InChI=1S/C27H27N3O2/c1-18-11-12-19(2)20(13-18)16-30-25-10-5-4-9-24(25)28-27(30)21-14-26(31)29(17-21)22-7-6-8-23(15-22)32-3/h4-13,15,21H,14,16-17H2,1-3H3/t21-/m1/s1. The van der Waals surface area contributed by atoms with Crippen LogP contribution in [0.1, 0.15) is 34.9 Å². The van der Waals surface area contributed by atoms with Crippen molar-refractivity contribution in [3.05, 3.63) is 89.2 Å². The molecule has 1 aliphatic rings. The van der Waals surface area contributed by atoms with Crippen molar-refractivity contribution in [1.82, 2.24) is 9.55 Å². The van der Waals surface area contributed by atoms with Crippen LogP contribution in [-0.4, -0.2) is 29.1 Å². The molecule has 0 bridgehead atoms. The fraction of sp³-hybridized carbons (Fsp3) is 0.259. The van der Waals surface area contributed by atoms with Gasteiger partial charge in [0, 0.05) is 37.2 Å². The third kappa shape index (κ3) is 3.64. The number of hydrogen-bond acceptors (Lipinski definition) is 3. The summed E-state index contributed by atoms with van der Waals surface area (Å²) in [6, 6.07) is 22.5. The summed E-state index contributed by atoms with van der Waals surface area (Å²) in [7, 11) is 1.64. The van der Waals surface area contributed by atoms with Crippen LogP contribution in [0.3, 0.4) is 0 Å². The number of amides is 1. The van der Waals surface area contributed by atoms with Gasteiger partial charge in [0.1, 0.15) is 11.6 Å². The van der Waals surface area contributed by atoms with E-state index in [1.54, 1.807) is 7.11 Å². The van der Waals surface area contributed by atoms with E-state index in [4.69, 9.17) is 9.72 Å². The Morgan fingerprint density at radius 2 is 1.88 bits per heavy atom. The van der Waals surface area contributed by atoms with Crippen molar-refractivity contribution in [2.75, 3.05) is 18.6 Å². The van der Waals surface area contributed by atoms with Crippen LogP contribution in [-0.2, 0) is 11.3 Å². The molecule has 4 aromatic rings. The zero-order valence-corrected chi connectivity index (χ0v) is 18.7. The van der Waals surface area contributed by atoms with Gasteiger partial charge >= 0.3 is 0 Å². The Morgan fingerprint density at radius 1 is 1.03 bits per heavy atom. The number of benzene rings is 3. The fourth-order valence-corrected chi connectivity index (χ4v) is 4.62. The minimum Gasteiger partial charge on any atom is -0.497 e. The lowest BCUT2D eigenvalue weighted by Gasteiger charge is -2.18. The Balaban J connectivity index is 1.53. The lowest BCUT2D eigenvalue weighted by atomic mass is 10.0. The van der Waals surface area contributed by atoms with Crippen LogP contribution >= 0.6 is 0 Å². The van der Waals surface area contributed by atoms with Crippen molar-refractivity contribution < 1.29 is 9.53 Å². The fourth-order valence-electron chi connectivity index (χ4n) is 4.62. The maximum atomic E-state index is 13.0. The summed E-state index contributed by atoms with van der Waals surface area (Å²) in [5.74, 6) is 1.88. The first-order chi connectivity index (χ1) is 15.5. The highest BCUT2D eigenvalue weighted by molar-refractivity contribution is 5.96. The van der Waals surface area contributed by atoms with Crippen LogP contribution in [0.2, 0.25) is 0 Å². The zero-order chi connectivity index (χ0) is 22.2. The number of ether oxygens (including phenoxy) is 1. The van der Waals surface area contributed by atoms with E-state index in [1.807, 2.05) is 35.2 Å². The van der Waals surface area contributed by atoms with Gasteiger partial charge in [0.25, 0.3) is 0 Å². The lowest BCUT2D eigenvalue weighted by molar-refractivity contribution is -0.117. The maximum Gasteiger partial charge on any atom is 0.227 e. The smallest absolute Gasteiger partial charge is 0.227 e. The van der Waals surface area contributed by atoms with Gasteiger partial charge in [-0.2, -0.15) is 0 Å². The minimum atomic E-state index is 0.0335. The number of fused-ring (bicyclic) bond motifs is 1. The number of aryl methyl sites for hydroxylation is 2. The Bertz CT molecular complexity index is 1310. The SMILES string of the molecule is COc1cccc(N2C[C@H](c3nc4ccccc4n3Cc3cc(C)ccc3C)CC2=O)c1. The highest BCUT2D eigenvalue weighted by atomic mass is 16.5. The molecule has 3 aromatic carbocycles. The van der Waals surface area contributed by atoms with Gasteiger partial charge in [0.05, 0.1) is 18.1 Å². The topological polar surface area (TPSA) is 47.4 Å². The summed E-state index contributed by atoms with van der Waals surface area (Å²) < 4.78 is 7.65. The van der Waals surface area contributed by atoms with Crippen molar-refractivity contribution >= 4 is 22.6 Å². The van der Waals surface area contributed by atoms with E-state index >= 15 is 0 Å². The van der Waals surface area contributed by atoms with Crippen molar-refractivity contribution in [2.24, 2.45) is 0 Å². The number of nitrogens with zero attached hydrogens (tertiary/aromatic N) is 3. The second-order valence-electron chi connectivity index (χ2n) is 8.58. The van der Waals surface area contributed by atoms with Crippen LogP contribution in [0.5, 0.6) is 5.75 Å². The molecule has 5 heteroatoms.